The summed E-state index contributed by atoms with van der Waals surface area (Å²) in [6.45, 7) is 2.05. The lowest BCUT2D eigenvalue weighted by Gasteiger charge is -2.28. The number of fused-ring (bicyclic) bond motifs is 5. The molecule has 37 heavy (non-hydrogen) atoms. The maximum absolute atomic E-state index is 13.4. The van der Waals surface area contributed by atoms with Crippen molar-refractivity contribution in [2.45, 2.75) is 29.4 Å². The normalized spacial score (nSPS) is 32.4. The zero-order valence-corrected chi connectivity index (χ0v) is 24.5. The zero-order chi connectivity index (χ0) is 26.2. The van der Waals surface area contributed by atoms with Crippen molar-refractivity contribution in [1.82, 2.24) is 0 Å². The highest BCUT2D eigenvalue weighted by Gasteiger charge is 2.66. The summed E-state index contributed by atoms with van der Waals surface area (Å²) >= 11 is 10.8. The molecule has 0 radical (unpaired) electrons. The van der Waals surface area contributed by atoms with Crippen LogP contribution in [0.25, 0.3) is 0 Å². The van der Waals surface area contributed by atoms with Gasteiger partial charge < -0.3 is 9.64 Å². The molecule has 7 atom stereocenters. The topological polar surface area (TPSA) is 84.0 Å². The largest absolute Gasteiger partial charge is 0.426 e. The first-order valence-electron chi connectivity index (χ1n) is 12.2. The third kappa shape index (κ3) is 4.01. The van der Waals surface area contributed by atoms with Crippen LogP contribution >= 0.6 is 47.8 Å². The van der Waals surface area contributed by atoms with Crippen molar-refractivity contribution in [2.24, 2.45) is 29.6 Å². The predicted molar refractivity (Wildman–Crippen MR) is 148 cm³/mol. The summed E-state index contributed by atoms with van der Waals surface area (Å²) in [5.41, 5.74) is 1.93. The van der Waals surface area contributed by atoms with E-state index in [1.54, 1.807) is 30.0 Å². The number of carbonyl (C=O) groups excluding carboxylic acids is 4. The first-order valence-corrected chi connectivity index (χ1v) is 14.8. The van der Waals surface area contributed by atoms with E-state index in [0.29, 0.717) is 17.0 Å². The van der Waals surface area contributed by atoms with E-state index in [0.717, 1.165) is 16.6 Å². The minimum Gasteiger partial charge on any atom is -0.426 e. The molecule has 4 aliphatic rings. The lowest BCUT2D eigenvalue weighted by atomic mass is 9.81. The number of esters is 1. The monoisotopic (exact) mass is 692 g/mol. The average Bonchev–Trinajstić information content (AvgIpc) is 3.58. The van der Waals surface area contributed by atoms with Gasteiger partial charge in [-0.3, -0.25) is 19.2 Å². The molecule has 0 aromatic heterocycles. The Bertz CT molecular complexity index is 1300. The van der Waals surface area contributed by atoms with Crippen LogP contribution in [0.2, 0.25) is 0 Å². The van der Waals surface area contributed by atoms with Gasteiger partial charge >= 0.3 is 5.97 Å². The number of hydrogen-bond donors (Lipinski definition) is 0. The number of rotatable bonds is 4. The summed E-state index contributed by atoms with van der Waals surface area (Å²) in [6.07, 6.45) is 0.959. The number of alkyl halides is 2. The van der Waals surface area contributed by atoms with Gasteiger partial charge in [0.1, 0.15) is 5.75 Å². The molecule has 2 aliphatic carbocycles. The van der Waals surface area contributed by atoms with E-state index in [2.05, 4.69) is 47.8 Å². The Balaban J connectivity index is 1.16. The highest BCUT2D eigenvalue weighted by Crippen LogP contribution is 2.60. The number of halogens is 3. The third-order valence-corrected chi connectivity index (χ3v) is 11.9. The Morgan fingerprint density at radius 1 is 0.946 bits per heavy atom. The Labute approximate surface area is 239 Å². The highest BCUT2D eigenvalue weighted by molar-refractivity contribution is 9.12. The number of anilines is 2. The molecule has 7 nitrogen and oxygen atoms in total. The molecule has 0 unspecified atom stereocenters. The van der Waals surface area contributed by atoms with Crippen LogP contribution in [0.1, 0.15) is 18.4 Å². The second-order valence-corrected chi connectivity index (χ2v) is 13.3. The summed E-state index contributed by atoms with van der Waals surface area (Å²) in [7, 11) is 0. The van der Waals surface area contributed by atoms with Crippen molar-refractivity contribution in [1.29, 1.82) is 0 Å². The zero-order valence-electron chi connectivity index (χ0n) is 19.8. The van der Waals surface area contributed by atoms with Gasteiger partial charge in [0, 0.05) is 32.8 Å². The Morgan fingerprint density at radius 3 is 2.16 bits per heavy atom. The predicted octanol–water partition coefficient (Wildman–Crippen LogP) is 5.00. The van der Waals surface area contributed by atoms with Crippen LogP contribution in [0.4, 0.5) is 11.4 Å². The molecule has 2 aliphatic heterocycles. The van der Waals surface area contributed by atoms with Crippen LogP contribution in [0.5, 0.6) is 5.75 Å². The highest BCUT2D eigenvalue weighted by atomic mass is 79.9. The van der Waals surface area contributed by atoms with Gasteiger partial charge in [-0.1, -0.05) is 47.8 Å². The van der Waals surface area contributed by atoms with Crippen LogP contribution < -0.4 is 14.5 Å². The molecule has 192 valence electrons. The smallest absolute Gasteiger partial charge is 0.316 e. The van der Waals surface area contributed by atoms with Crippen molar-refractivity contribution < 1.29 is 23.9 Å². The maximum Gasteiger partial charge on any atom is 0.316 e. The Morgan fingerprint density at radius 2 is 1.57 bits per heavy atom. The van der Waals surface area contributed by atoms with E-state index in [9.17, 15) is 19.2 Å². The summed E-state index contributed by atoms with van der Waals surface area (Å²) in [5, 5.41) is 0. The number of carbonyl (C=O) groups is 4. The molecule has 2 saturated carbocycles. The van der Waals surface area contributed by atoms with E-state index in [1.807, 2.05) is 24.3 Å². The third-order valence-electron chi connectivity index (χ3n) is 8.21. The van der Waals surface area contributed by atoms with E-state index in [4.69, 9.17) is 4.74 Å². The SMILES string of the molecule is Cc1cc(OC(=O)[C@@H]2CC(=O)N(c3ccc(Br)cc3)C2)ccc1N1C(=O)[C@@H]2[C@H]3C[C@@H]([C@H](Br)[C@H]3Br)[C@@H]2C1=O. The molecule has 2 bridgehead atoms. The van der Waals surface area contributed by atoms with Crippen molar-refractivity contribution >= 4 is 82.9 Å². The summed E-state index contributed by atoms with van der Waals surface area (Å²) in [4.78, 5) is 55.4. The number of ether oxygens (including phenoxy) is 1. The van der Waals surface area contributed by atoms with E-state index < -0.39 is 11.9 Å². The molecule has 2 heterocycles. The minimum atomic E-state index is -0.581. The van der Waals surface area contributed by atoms with Gasteiger partial charge in [-0.05, 0) is 73.2 Å². The number of amides is 3. The Kier molecular flexibility index (Phi) is 6.35. The average molecular weight is 695 g/mol. The van der Waals surface area contributed by atoms with E-state index >= 15 is 0 Å². The first-order chi connectivity index (χ1) is 17.7. The van der Waals surface area contributed by atoms with Crippen LogP contribution in [0, 0.1) is 36.5 Å². The summed E-state index contributed by atoms with van der Waals surface area (Å²) in [5.74, 6) is -1.44. The van der Waals surface area contributed by atoms with Gasteiger partial charge in [0.05, 0.1) is 23.4 Å². The minimum absolute atomic E-state index is 0.0803. The van der Waals surface area contributed by atoms with Gasteiger partial charge in [-0.15, -0.1) is 0 Å². The Hall–Kier alpha value is -2.04. The quantitative estimate of drug-likeness (QED) is 0.195. The lowest BCUT2D eigenvalue weighted by Crippen LogP contribution is -2.37. The molecular formula is C27H23Br3N2O5. The van der Waals surface area contributed by atoms with Gasteiger partial charge in [0.25, 0.3) is 0 Å². The molecule has 2 saturated heterocycles. The number of aryl methyl sites for hydroxylation is 1. The van der Waals surface area contributed by atoms with Crippen molar-refractivity contribution in [3.8, 4) is 5.75 Å². The number of benzene rings is 2. The van der Waals surface area contributed by atoms with E-state index in [-0.39, 0.29) is 64.0 Å². The van der Waals surface area contributed by atoms with Crippen LogP contribution in [-0.4, -0.2) is 39.9 Å². The van der Waals surface area contributed by atoms with Crippen molar-refractivity contribution in [3.63, 3.8) is 0 Å². The van der Waals surface area contributed by atoms with Crippen LogP contribution in [0.3, 0.4) is 0 Å². The number of imide groups is 1. The van der Waals surface area contributed by atoms with Gasteiger partial charge in [-0.25, -0.2) is 4.90 Å². The number of hydrogen-bond acceptors (Lipinski definition) is 5. The van der Waals surface area contributed by atoms with E-state index in [1.165, 1.54) is 4.90 Å². The first kappa shape index (κ1) is 25.2. The molecule has 0 N–H and O–H groups in total. The molecule has 2 aromatic carbocycles. The molecular weight excluding hydrogens is 672 g/mol. The van der Waals surface area contributed by atoms with Crippen LogP contribution in [-0.2, 0) is 19.2 Å². The molecule has 3 amide bonds. The maximum atomic E-state index is 13.4. The fourth-order valence-electron chi connectivity index (χ4n) is 6.46. The van der Waals surface area contributed by atoms with Crippen molar-refractivity contribution in [3.05, 3.63) is 52.5 Å². The van der Waals surface area contributed by atoms with Gasteiger partial charge in [-0.2, -0.15) is 0 Å². The molecule has 4 fully saturated rings. The second kappa shape index (κ2) is 9.31. The molecule has 6 rings (SSSR count). The summed E-state index contributed by atoms with van der Waals surface area (Å²) in [6, 6.07) is 12.3. The fraction of sp³-hybridized carbons (Fsp3) is 0.407. The van der Waals surface area contributed by atoms with Gasteiger partial charge in [0.2, 0.25) is 17.7 Å². The lowest BCUT2D eigenvalue weighted by molar-refractivity contribution is -0.139. The number of nitrogens with zero attached hydrogens (tertiary/aromatic N) is 2. The second-order valence-electron chi connectivity index (χ2n) is 10.3. The van der Waals surface area contributed by atoms with Crippen LogP contribution in [0.15, 0.2) is 46.9 Å². The van der Waals surface area contributed by atoms with Gasteiger partial charge in [0.15, 0.2) is 0 Å². The summed E-state index contributed by atoms with van der Waals surface area (Å²) < 4.78 is 6.53. The molecule has 0 spiro atoms. The fourth-order valence-corrected chi connectivity index (χ4v) is 8.60. The molecule has 2 aromatic rings. The van der Waals surface area contributed by atoms with Crippen molar-refractivity contribution in [2.75, 3.05) is 16.3 Å². The standard InChI is InChI=1S/C27H23Br3N2O5/c1-12-8-16(37-27(36)13-9-20(33)31(11-13)15-4-2-14(28)3-5-15)6-7-19(12)32-25(34)21-17-10-18(22(21)26(32)35)24(30)23(17)29/h2-8,13,17-18,21-24H,9-11H2,1H3/t13-,17-,18-,21-,22+,23+,24+/m1/s1. The molecule has 10 heteroatoms.